The van der Waals surface area contributed by atoms with Gasteiger partial charge in [-0.05, 0) is 49.1 Å². The van der Waals surface area contributed by atoms with Crippen molar-refractivity contribution < 1.29 is 0 Å². The summed E-state index contributed by atoms with van der Waals surface area (Å²) in [4.78, 5) is 2.44. The van der Waals surface area contributed by atoms with Gasteiger partial charge in [0.05, 0.1) is 0 Å². The molecule has 3 rings (SSSR count). The van der Waals surface area contributed by atoms with Crippen LogP contribution in [0.5, 0.6) is 0 Å². The lowest BCUT2D eigenvalue weighted by Crippen LogP contribution is -2.25. The molecule has 0 unspecified atom stereocenters. The molecular weight excluding hydrogens is 218 g/mol. The van der Waals surface area contributed by atoms with Gasteiger partial charge in [-0.25, -0.2) is 0 Å². The Morgan fingerprint density at radius 3 is 2.61 bits per heavy atom. The highest BCUT2D eigenvalue weighted by Gasteiger charge is 2.39. The van der Waals surface area contributed by atoms with E-state index >= 15 is 0 Å². The first-order chi connectivity index (χ1) is 8.59. The molecule has 1 aromatic rings. The van der Waals surface area contributed by atoms with E-state index in [1.165, 1.54) is 34.5 Å². The molecule has 1 heteroatoms. The van der Waals surface area contributed by atoms with Gasteiger partial charge in [0.15, 0.2) is 0 Å². The van der Waals surface area contributed by atoms with Crippen LogP contribution in [0.15, 0.2) is 36.0 Å². The number of hydrogen-bond donors (Lipinski definition) is 0. The van der Waals surface area contributed by atoms with Crippen molar-refractivity contribution in [3.8, 4) is 0 Å². The molecular formula is C17H21N. The van der Waals surface area contributed by atoms with Crippen molar-refractivity contribution in [1.29, 1.82) is 0 Å². The molecule has 0 saturated heterocycles. The zero-order valence-corrected chi connectivity index (χ0v) is 11.7. The van der Waals surface area contributed by atoms with E-state index in [1.807, 2.05) is 0 Å². The second-order valence-electron chi connectivity index (χ2n) is 5.71. The molecule has 0 bridgehead atoms. The van der Waals surface area contributed by atoms with Gasteiger partial charge in [-0.2, -0.15) is 0 Å². The normalized spacial score (nSPS) is 22.1. The summed E-state index contributed by atoms with van der Waals surface area (Å²) in [5.74, 6) is 0. The molecule has 0 aromatic heterocycles. The summed E-state index contributed by atoms with van der Waals surface area (Å²) >= 11 is 0. The zero-order valence-electron chi connectivity index (χ0n) is 11.7. The van der Waals surface area contributed by atoms with Crippen LogP contribution in [0.1, 0.15) is 45.2 Å². The van der Waals surface area contributed by atoms with Gasteiger partial charge >= 0.3 is 0 Å². The van der Waals surface area contributed by atoms with Gasteiger partial charge in [-0.1, -0.05) is 32.1 Å². The second-order valence-corrected chi connectivity index (χ2v) is 5.71. The van der Waals surface area contributed by atoms with E-state index in [-0.39, 0.29) is 5.41 Å². The Morgan fingerprint density at radius 2 is 2.06 bits per heavy atom. The monoisotopic (exact) mass is 239 g/mol. The van der Waals surface area contributed by atoms with Crippen molar-refractivity contribution in [3.63, 3.8) is 0 Å². The van der Waals surface area contributed by atoms with Gasteiger partial charge in [0, 0.05) is 23.3 Å². The quantitative estimate of drug-likeness (QED) is 0.734. The first kappa shape index (κ1) is 11.6. The number of hydrogen-bond acceptors (Lipinski definition) is 1. The van der Waals surface area contributed by atoms with Crippen molar-refractivity contribution in [2.45, 2.75) is 39.5 Å². The Bertz CT molecular complexity index is 561. The third kappa shape index (κ3) is 1.46. The first-order valence-corrected chi connectivity index (χ1v) is 6.88. The van der Waals surface area contributed by atoms with E-state index in [4.69, 9.17) is 0 Å². The summed E-state index contributed by atoms with van der Waals surface area (Å²) in [6.07, 6.45) is 5.74. The van der Waals surface area contributed by atoms with Gasteiger partial charge < -0.3 is 4.90 Å². The highest BCUT2D eigenvalue weighted by atomic mass is 15.2. The van der Waals surface area contributed by atoms with Crippen LogP contribution in [0.3, 0.4) is 0 Å². The van der Waals surface area contributed by atoms with E-state index < -0.39 is 0 Å². The van der Waals surface area contributed by atoms with Crippen LogP contribution in [0.4, 0.5) is 5.69 Å². The number of likely N-dealkylation sites (N-methyl/N-ethyl adjacent to an activating group) is 1. The predicted molar refractivity (Wildman–Crippen MR) is 78.8 cm³/mol. The lowest BCUT2D eigenvalue weighted by molar-refractivity contribution is 0.632. The fourth-order valence-electron chi connectivity index (χ4n) is 3.22. The van der Waals surface area contributed by atoms with Gasteiger partial charge in [0.2, 0.25) is 0 Å². The molecule has 2 aliphatic rings. The van der Waals surface area contributed by atoms with Crippen molar-refractivity contribution in [2.24, 2.45) is 0 Å². The maximum Gasteiger partial charge on any atom is 0.0450 e. The molecule has 0 amide bonds. The molecule has 94 valence electrons. The number of anilines is 1. The number of benzene rings is 1. The van der Waals surface area contributed by atoms with Crippen LogP contribution in [-0.4, -0.2) is 6.54 Å². The topological polar surface area (TPSA) is 3.24 Å². The Kier molecular flexibility index (Phi) is 2.41. The summed E-state index contributed by atoms with van der Waals surface area (Å²) in [5, 5.41) is 0. The van der Waals surface area contributed by atoms with E-state index in [1.54, 1.807) is 0 Å². The average Bonchev–Trinajstić information content (AvgIpc) is 3.16. The molecule has 1 aliphatic carbocycles. The van der Waals surface area contributed by atoms with Crippen molar-refractivity contribution in [2.75, 3.05) is 11.4 Å². The fourth-order valence-corrected chi connectivity index (χ4v) is 3.22. The molecule has 0 atom stereocenters. The Labute approximate surface area is 110 Å². The lowest BCUT2D eigenvalue weighted by Gasteiger charge is -2.25. The average molecular weight is 239 g/mol. The molecule has 1 aromatic carbocycles. The minimum Gasteiger partial charge on any atom is -0.345 e. The standard InChI is InChI=1S/C17H21N/c1-5-16-17(3,4)14-11-13(12-7-8-12)9-10-15(14)18(16)6-2/h5,7,9-11H,6,8H2,1-4H3/b16-5-. The Hall–Kier alpha value is -1.50. The van der Waals surface area contributed by atoms with Crippen LogP contribution >= 0.6 is 0 Å². The number of nitrogens with zero attached hydrogens (tertiary/aromatic N) is 1. The molecule has 1 nitrogen and oxygen atoms in total. The van der Waals surface area contributed by atoms with E-state index in [0.29, 0.717) is 0 Å². The number of allylic oxidation sites excluding steroid dienone is 4. The molecule has 0 radical (unpaired) electrons. The first-order valence-electron chi connectivity index (χ1n) is 6.88. The second kappa shape index (κ2) is 3.74. The van der Waals surface area contributed by atoms with Crippen molar-refractivity contribution >= 4 is 11.3 Å². The summed E-state index contributed by atoms with van der Waals surface area (Å²) < 4.78 is 0. The molecule has 0 saturated carbocycles. The maximum absolute atomic E-state index is 2.44. The smallest absolute Gasteiger partial charge is 0.0450 e. The molecule has 0 N–H and O–H groups in total. The van der Waals surface area contributed by atoms with Gasteiger partial charge in [-0.15, -0.1) is 0 Å². The van der Waals surface area contributed by atoms with E-state index in [9.17, 15) is 0 Å². The molecule has 0 fully saturated rings. The highest BCUT2D eigenvalue weighted by Crippen LogP contribution is 2.49. The van der Waals surface area contributed by atoms with Crippen LogP contribution in [0, 0.1) is 0 Å². The zero-order chi connectivity index (χ0) is 12.9. The van der Waals surface area contributed by atoms with Crippen LogP contribution < -0.4 is 4.90 Å². The van der Waals surface area contributed by atoms with Crippen LogP contribution in [0.2, 0.25) is 0 Å². The van der Waals surface area contributed by atoms with Crippen LogP contribution in [-0.2, 0) is 5.41 Å². The third-order valence-corrected chi connectivity index (χ3v) is 4.26. The summed E-state index contributed by atoms with van der Waals surface area (Å²) in [5.41, 5.74) is 7.34. The lowest BCUT2D eigenvalue weighted by atomic mass is 9.83. The van der Waals surface area contributed by atoms with E-state index in [2.05, 4.69) is 62.9 Å². The van der Waals surface area contributed by atoms with Crippen molar-refractivity contribution in [3.05, 3.63) is 47.2 Å². The van der Waals surface area contributed by atoms with Crippen molar-refractivity contribution in [1.82, 2.24) is 0 Å². The largest absolute Gasteiger partial charge is 0.345 e. The molecule has 0 spiro atoms. The third-order valence-electron chi connectivity index (χ3n) is 4.26. The summed E-state index contributed by atoms with van der Waals surface area (Å²) in [6, 6.07) is 6.97. The predicted octanol–water partition coefficient (Wildman–Crippen LogP) is 4.50. The van der Waals surface area contributed by atoms with Crippen LogP contribution in [0.25, 0.3) is 5.57 Å². The number of fused-ring (bicyclic) bond motifs is 1. The highest BCUT2D eigenvalue weighted by molar-refractivity contribution is 5.81. The number of rotatable bonds is 2. The van der Waals surface area contributed by atoms with E-state index in [0.717, 1.165) is 6.54 Å². The molecule has 1 aliphatic heterocycles. The molecule has 1 heterocycles. The van der Waals surface area contributed by atoms with Gasteiger partial charge in [0.1, 0.15) is 0 Å². The fraction of sp³-hybridized carbons (Fsp3) is 0.412. The minimum atomic E-state index is 0.131. The minimum absolute atomic E-state index is 0.131. The SMILES string of the molecule is C/C=C1\N(CC)c2ccc(C3=CC3)cc2C1(C)C. The maximum atomic E-state index is 2.44. The molecule has 18 heavy (non-hydrogen) atoms. The summed E-state index contributed by atoms with van der Waals surface area (Å²) in [7, 11) is 0. The summed E-state index contributed by atoms with van der Waals surface area (Å²) in [6.45, 7) is 10.1. The Balaban J connectivity index is 2.17. The Morgan fingerprint density at radius 1 is 1.33 bits per heavy atom. The van der Waals surface area contributed by atoms with Gasteiger partial charge in [0.25, 0.3) is 0 Å². The van der Waals surface area contributed by atoms with Gasteiger partial charge in [-0.3, -0.25) is 0 Å².